The Balaban J connectivity index is 2.42. The first-order valence-corrected chi connectivity index (χ1v) is 4.08. The van der Waals surface area contributed by atoms with Crippen LogP contribution in [-0.2, 0) is 0 Å². The second-order valence-corrected chi connectivity index (χ2v) is 3.66. The normalized spacial score (nSPS) is 40.9. The Morgan fingerprint density at radius 1 is 1.82 bits per heavy atom. The fourth-order valence-electron chi connectivity index (χ4n) is 1.61. The first kappa shape index (κ1) is 8.93. The van der Waals surface area contributed by atoms with Crippen LogP contribution in [0.2, 0.25) is 0 Å². The first-order chi connectivity index (χ1) is 5.02. The fourth-order valence-corrected chi connectivity index (χ4v) is 1.61. The zero-order valence-corrected chi connectivity index (χ0v) is 7.21. The van der Waals surface area contributed by atoms with Gasteiger partial charge in [0, 0.05) is 0 Å². The summed E-state index contributed by atoms with van der Waals surface area (Å²) in [6.45, 7) is 5.60. The maximum absolute atomic E-state index is 11.7. The second-order valence-electron chi connectivity index (χ2n) is 3.66. The van der Waals surface area contributed by atoms with Crippen LogP contribution in [0.15, 0.2) is 0 Å². The molecular formula is C7H17N3O. The van der Waals surface area contributed by atoms with E-state index >= 15 is 0 Å². The van der Waals surface area contributed by atoms with Crippen molar-refractivity contribution in [3.8, 4) is 0 Å². The van der Waals surface area contributed by atoms with Gasteiger partial charge < -0.3 is 15.6 Å². The molecule has 1 saturated heterocycles. The molecule has 1 fully saturated rings. The highest BCUT2D eigenvalue weighted by atomic mass is 16.5. The van der Waals surface area contributed by atoms with Crippen LogP contribution >= 0.6 is 0 Å². The Morgan fingerprint density at radius 2 is 2.45 bits per heavy atom. The van der Waals surface area contributed by atoms with Crippen LogP contribution in [0.1, 0.15) is 13.8 Å². The third kappa shape index (κ3) is 2.41. The van der Waals surface area contributed by atoms with E-state index in [0.717, 1.165) is 0 Å². The molecule has 3 unspecified atom stereocenters. The largest absolute Gasteiger partial charge is 0.632 e. The van der Waals surface area contributed by atoms with Crippen LogP contribution in [0.25, 0.3) is 0 Å². The maximum Gasteiger partial charge on any atom is 0.132 e. The molecule has 1 rings (SSSR count). The van der Waals surface area contributed by atoms with Crippen molar-refractivity contribution in [2.24, 2.45) is 5.73 Å². The Labute approximate surface area is 67.5 Å². The maximum atomic E-state index is 11.7. The van der Waals surface area contributed by atoms with Gasteiger partial charge in [0.15, 0.2) is 0 Å². The molecular weight excluding hydrogens is 142 g/mol. The Hall–Kier alpha value is -0.160. The molecule has 0 aromatic carbocycles. The minimum absolute atomic E-state index is 0.000370. The lowest BCUT2D eigenvalue weighted by atomic mass is 10.3. The number of nitrogens with two attached hydrogens (primary N) is 1. The van der Waals surface area contributed by atoms with Gasteiger partial charge in [0.25, 0.3) is 0 Å². The third-order valence-electron chi connectivity index (χ3n) is 1.96. The average Bonchev–Trinajstić information content (AvgIpc) is 2.08. The van der Waals surface area contributed by atoms with E-state index in [0.29, 0.717) is 25.8 Å². The Bertz CT molecular complexity index is 140. The molecule has 3 atom stereocenters. The van der Waals surface area contributed by atoms with Gasteiger partial charge in [0.2, 0.25) is 0 Å². The number of nitrogens with zero attached hydrogens (tertiary/aromatic N) is 1. The van der Waals surface area contributed by atoms with E-state index in [2.05, 4.69) is 5.32 Å². The molecule has 1 aliphatic heterocycles. The van der Waals surface area contributed by atoms with Crippen molar-refractivity contribution in [3.05, 3.63) is 5.21 Å². The molecule has 0 aromatic rings. The molecule has 0 aliphatic carbocycles. The van der Waals surface area contributed by atoms with E-state index in [9.17, 15) is 5.21 Å². The SMILES string of the molecule is CC(N)C[N+]1([O-])CNC(C)C1. The smallest absolute Gasteiger partial charge is 0.132 e. The van der Waals surface area contributed by atoms with Crippen LogP contribution in [-0.4, -0.2) is 36.5 Å². The van der Waals surface area contributed by atoms with Crippen molar-refractivity contribution in [3.63, 3.8) is 0 Å². The molecule has 0 radical (unpaired) electrons. The number of rotatable bonds is 2. The van der Waals surface area contributed by atoms with Gasteiger partial charge in [-0.05, 0) is 13.8 Å². The van der Waals surface area contributed by atoms with Gasteiger partial charge in [-0.15, -0.1) is 0 Å². The lowest BCUT2D eigenvalue weighted by Gasteiger charge is -2.38. The standard InChI is InChI=1S/C7H17N3O/c1-6(8)3-10(11)4-7(2)9-5-10/h6-7,9H,3-5,8H2,1-2H3. The second kappa shape index (κ2) is 3.06. The zero-order chi connectivity index (χ0) is 8.48. The van der Waals surface area contributed by atoms with Crippen LogP contribution in [0.5, 0.6) is 0 Å². The Morgan fingerprint density at radius 3 is 2.82 bits per heavy atom. The van der Waals surface area contributed by atoms with Gasteiger partial charge in [0.1, 0.15) is 6.67 Å². The van der Waals surface area contributed by atoms with Crippen LogP contribution in [0.3, 0.4) is 0 Å². The summed E-state index contributed by atoms with van der Waals surface area (Å²) < 4.78 is -0.168. The molecule has 0 aromatic heterocycles. The summed E-state index contributed by atoms with van der Waals surface area (Å²) in [5.74, 6) is 0. The molecule has 4 heteroatoms. The summed E-state index contributed by atoms with van der Waals surface area (Å²) >= 11 is 0. The summed E-state index contributed by atoms with van der Waals surface area (Å²) in [6, 6.07) is 0.339. The highest BCUT2D eigenvalue weighted by Crippen LogP contribution is 2.11. The Kier molecular flexibility index (Phi) is 2.49. The summed E-state index contributed by atoms with van der Waals surface area (Å²) in [7, 11) is 0. The van der Waals surface area contributed by atoms with Gasteiger partial charge in [-0.3, -0.25) is 5.32 Å². The summed E-state index contributed by atoms with van der Waals surface area (Å²) in [5.41, 5.74) is 5.56. The molecule has 1 aliphatic rings. The molecule has 11 heavy (non-hydrogen) atoms. The van der Waals surface area contributed by atoms with E-state index in [1.165, 1.54) is 0 Å². The number of hydroxylamine groups is 3. The highest BCUT2D eigenvalue weighted by Gasteiger charge is 2.28. The molecule has 66 valence electrons. The van der Waals surface area contributed by atoms with Gasteiger partial charge in [-0.1, -0.05) is 0 Å². The van der Waals surface area contributed by atoms with Gasteiger partial charge in [-0.25, -0.2) is 0 Å². The van der Waals surface area contributed by atoms with E-state index in [1.54, 1.807) is 0 Å². The number of nitrogens with one attached hydrogen (secondary N) is 1. The van der Waals surface area contributed by atoms with Gasteiger partial charge in [0.05, 0.1) is 25.2 Å². The van der Waals surface area contributed by atoms with Crippen LogP contribution in [0, 0.1) is 5.21 Å². The number of quaternary nitrogens is 1. The topological polar surface area (TPSA) is 61.1 Å². The molecule has 0 spiro atoms. The van der Waals surface area contributed by atoms with Gasteiger partial charge in [-0.2, -0.15) is 0 Å². The first-order valence-electron chi connectivity index (χ1n) is 4.08. The van der Waals surface area contributed by atoms with Crippen molar-refractivity contribution >= 4 is 0 Å². The van der Waals surface area contributed by atoms with Crippen molar-refractivity contribution in [1.29, 1.82) is 0 Å². The minimum Gasteiger partial charge on any atom is -0.632 e. The summed E-state index contributed by atoms with van der Waals surface area (Å²) in [4.78, 5) is 0. The quantitative estimate of drug-likeness (QED) is 0.425. The lowest BCUT2D eigenvalue weighted by Crippen LogP contribution is -2.47. The molecule has 1 heterocycles. The molecule has 3 N–H and O–H groups in total. The van der Waals surface area contributed by atoms with Crippen LogP contribution in [0.4, 0.5) is 0 Å². The van der Waals surface area contributed by atoms with Crippen molar-refractivity contribution < 1.29 is 4.65 Å². The molecule has 4 nitrogen and oxygen atoms in total. The number of hydrogen-bond donors (Lipinski definition) is 2. The monoisotopic (exact) mass is 159 g/mol. The fraction of sp³-hybridized carbons (Fsp3) is 1.00. The van der Waals surface area contributed by atoms with E-state index < -0.39 is 0 Å². The summed E-state index contributed by atoms with van der Waals surface area (Å²) in [5, 5.41) is 14.8. The predicted molar refractivity (Wildman–Crippen MR) is 44.5 cm³/mol. The van der Waals surface area contributed by atoms with Gasteiger partial charge >= 0.3 is 0 Å². The molecule has 0 saturated carbocycles. The van der Waals surface area contributed by atoms with E-state index in [-0.39, 0.29) is 10.7 Å². The summed E-state index contributed by atoms with van der Waals surface area (Å²) in [6.07, 6.45) is 0. The van der Waals surface area contributed by atoms with Crippen molar-refractivity contribution in [1.82, 2.24) is 5.32 Å². The average molecular weight is 159 g/mol. The predicted octanol–water partition coefficient (Wildman–Crippen LogP) is -0.403. The van der Waals surface area contributed by atoms with E-state index in [1.807, 2.05) is 13.8 Å². The van der Waals surface area contributed by atoms with E-state index in [4.69, 9.17) is 5.73 Å². The highest BCUT2D eigenvalue weighted by molar-refractivity contribution is 4.67. The lowest BCUT2D eigenvalue weighted by molar-refractivity contribution is -0.870. The number of hydrogen-bond acceptors (Lipinski definition) is 3. The molecule has 0 bridgehead atoms. The van der Waals surface area contributed by atoms with Crippen molar-refractivity contribution in [2.45, 2.75) is 25.9 Å². The zero-order valence-electron chi connectivity index (χ0n) is 7.21. The third-order valence-corrected chi connectivity index (χ3v) is 1.96. The minimum atomic E-state index is -0.168. The van der Waals surface area contributed by atoms with Crippen LogP contribution < -0.4 is 11.1 Å². The van der Waals surface area contributed by atoms with Crippen molar-refractivity contribution in [2.75, 3.05) is 19.8 Å². The molecule has 0 amide bonds.